The molecule has 1 aromatic carbocycles. The van der Waals surface area contributed by atoms with Gasteiger partial charge in [-0.2, -0.15) is 0 Å². The number of nitrogens with zero attached hydrogens (tertiary/aromatic N) is 3. The number of rotatable bonds is 6. The van der Waals surface area contributed by atoms with Gasteiger partial charge in [-0.15, -0.1) is 11.3 Å². The Kier molecular flexibility index (Phi) is 5.99. The molecule has 1 unspecified atom stereocenters. The lowest BCUT2D eigenvalue weighted by atomic mass is 9.95. The number of thiazole rings is 1. The smallest absolute Gasteiger partial charge is 0.290 e. The minimum atomic E-state index is -0.617. The molecule has 0 spiro atoms. The highest BCUT2D eigenvalue weighted by Gasteiger charge is 2.44. The Morgan fingerprint density at radius 2 is 1.90 bits per heavy atom. The van der Waals surface area contributed by atoms with Gasteiger partial charge in [0, 0.05) is 26.2 Å². The number of hydrogen-bond acceptors (Lipinski definition) is 7. The number of hydrogen-bond donors (Lipinski definition) is 1. The van der Waals surface area contributed by atoms with Crippen LogP contribution in [-0.2, 0) is 9.53 Å². The van der Waals surface area contributed by atoms with E-state index in [0.29, 0.717) is 36.9 Å². The summed E-state index contributed by atoms with van der Waals surface area (Å²) in [6.45, 7) is 7.65. The van der Waals surface area contributed by atoms with E-state index in [4.69, 9.17) is 4.74 Å². The van der Waals surface area contributed by atoms with E-state index in [-0.39, 0.29) is 11.4 Å². The van der Waals surface area contributed by atoms with Crippen molar-refractivity contribution in [1.29, 1.82) is 0 Å². The van der Waals surface area contributed by atoms with E-state index in [1.54, 1.807) is 11.8 Å². The van der Waals surface area contributed by atoms with Gasteiger partial charge in [-0.3, -0.25) is 14.5 Å². The number of carbonyl (C=O) groups is 2. The van der Waals surface area contributed by atoms with Crippen LogP contribution in [0.15, 0.2) is 41.7 Å². The Balaban J connectivity index is 1.67. The number of ketones is 1. The number of aromatic nitrogens is 1. The lowest BCUT2D eigenvalue weighted by molar-refractivity contribution is -0.129. The Bertz CT molecular complexity index is 980. The summed E-state index contributed by atoms with van der Waals surface area (Å²) in [5.41, 5.74) is 1.56. The van der Waals surface area contributed by atoms with Crippen molar-refractivity contribution in [3.8, 4) is 0 Å². The molecule has 1 atom stereocenters. The van der Waals surface area contributed by atoms with Crippen LogP contribution >= 0.6 is 11.3 Å². The van der Waals surface area contributed by atoms with Crippen molar-refractivity contribution >= 4 is 23.0 Å². The maximum absolute atomic E-state index is 13.4. The molecule has 0 aliphatic carbocycles. The SMILES string of the molecule is Cc1nc(C)c(C(=O)C2=C(O)C(=O)N(CCN3CCOCC3)C2c2ccccc2)s1. The second kappa shape index (κ2) is 8.67. The van der Waals surface area contributed by atoms with Gasteiger partial charge < -0.3 is 14.7 Å². The van der Waals surface area contributed by atoms with Crippen LogP contribution in [0, 0.1) is 13.8 Å². The fourth-order valence-corrected chi connectivity index (χ4v) is 4.91. The predicted octanol–water partition coefficient (Wildman–Crippen LogP) is 2.67. The van der Waals surface area contributed by atoms with Gasteiger partial charge in [-0.05, 0) is 19.4 Å². The number of aliphatic hydroxyl groups is 1. The standard InChI is InChI=1S/C22H25N3O4S/c1-14-21(30-15(2)23-14)19(26)17-18(16-6-4-3-5-7-16)25(22(28)20(17)27)9-8-24-10-12-29-13-11-24/h3-7,18,27H,8-13H2,1-2H3. The summed E-state index contributed by atoms with van der Waals surface area (Å²) in [6.07, 6.45) is 0. The van der Waals surface area contributed by atoms with E-state index in [0.717, 1.165) is 23.7 Å². The fourth-order valence-electron chi connectivity index (χ4n) is 4.04. The number of morpholine rings is 1. The maximum Gasteiger partial charge on any atom is 0.290 e. The van der Waals surface area contributed by atoms with E-state index in [2.05, 4.69) is 9.88 Å². The molecule has 2 aliphatic heterocycles. The van der Waals surface area contributed by atoms with Gasteiger partial charge in [0.05, 0.1) is 40.4 Å². The minimum Gasteiger partial charge on any atom is -0.503 e. The maximum atomic E-state index is 13.4. The molecule has 1 saturated heterocycles. The van der Waals surface area contributed by atoms with Gasteiger partial charge in [-0.25, -0.2) is 4.98 Å². The lowest BCUT2D eigenvalue weighted by Crippen LogP contribution is -2.43. The van der Waals surface area contributed by atoms with E-state index >= 15 is 0 Å². The normalized spacial score (nSPS) is 20.3. The van der Waals surface area contributed by atoms with E-state index < -0.39 is 17.7 Å². The number of benzene rings is 1. The Morgan fingerprint density at radius 1 is 1.20 bits per heavy atom. The molecule has 4 rings (SSSR count). The third kappa shape index (κ3) is 3.90. The highest BCUT2D eigenvalue weighted by atomic mass is 32.1. The quantitative estimate of drug-likeness (QED) is 0.714. The monoisotopic (exact) mass is 427 g/mol. The molecule has 7 nitrogen and oxygen atoms in total. The third-order valence-corrected chi connectivity index (χ3v) is 6.61. The number of amides is 1. The summed E-state index contributed by atoms with van der Waals surface area (Å²) in [5, 5.41) is 11.5. The van der Waals surface area contributed by atoms with E-state index in [1.165, 1.54) is 11.3 Å². The zero-order chi connectivity index (χ0) is 21.3. The first-order valence-corrected chi connectivity index (χ1v) is 10.9. The second-order valence-electron chi connectivity index (χ2n) is 7.50. The summed E-state index contributed by atoms with van der Waals surface area (Å²) in [6, 6.07) is 8.79. The summed E-state index contributed by atoms with van der Waals surface area (Å²) in [5.74, 6) is -1.28. The molecule has 158 valence electrons. The van der Waals surface area contributed by atoms with Crippen LogP contribution in [0.4, 0.5) is 0 Å². The van der Waals surface area contributed by atoms with E-state index in [1.807, 2.05) is 37.3 Å². The number of Topliss-reactive ketones (excluding diaryl/α,β-unsaturated/α-hetero) is 1. The van der Waals surface area contributed by atoms with Crippen molar-refractivity contribution in [2.24, 2.45) is 0 Å². The van der Waals surface area contributed by atoms with Crippen molar-refractivity contribution in [3.63, 3.8) is 0 Å². The first-order valence-electron chi connectivity index (χ1n) is 10.0. The van der Waals surface area contributed by atoms with Crippen molar-refractivity contribution in [2.75, 3.05) is 39.4 Å². The van der Waals surface area contributed by atoms with Crippen LogP contribution in [0.3, 0.4) is 0 Å². The number of aryl methyl sites for hydroxylation is 2. The Labute approximate surface area is 179 Å². The number of carbonyl (C=O) groups excluding carboxylic acids is 2. The molecular weight excluding hydrogens is 402 g/mol. The van der Waals surface area contributed by atoms with E-state index in [9.17, 15) is 14.7 Å². The average Bonchev–Trinajstić information content (AvgIpc) is 3.23. The average molecular weight is 428 g/mol. The lowest BCUT2D eigenvalue weighted by Gasteiger charge is -2.31. The van der Waals surface area contributed by atoms with Gasteiger partial charge in [-0.1, -0.05) is 30.3 Å². The van der Waals surface area contributed by atoms with Crippen LogP contribution in [-0.4, -0.2) is 71.0 Å². The van der Waals surface area contributed by atoms with Crippen molar-refractivity contribution in [2.45, 2.75) is 19.9 Å². The Hall–Kier alpha value is -2.55. The zero-order valence-electron chi connectivity index (χ0n) is 17.1. The fraction of sp³-hybridized carbons (Fsp3) is 0.409. The highest BCUT2D eigenvalue weighted by Crippen LogP contribution is 2.39. The topological polar surface area (TPSA) is 83.0 Å². The molecule has 1 fully saturated rings. The Morgan fingerprint density at radius 3 is 2.53 bits per heavy atom. The molecule has 0 bridgehead atoms. The molecule has 2 aliphatic rings. The predicted molar refractivity (Wildman–Crippen MR) is 114 cm³/mol. The first kappa shape index (κ1) is 20.7. The molecule has 30 heavy (non-hydrogen) atoms. The van der Waals surface area contributed by atoms with Crippen LogP contribution in [0.25, 0.3) is 0 Å². The molecule has 1 N–H and O–H groups in total. The van der Waals surface area contributed by atoms with Crippen LogP contribution in [0.5, 0.6) is 0 Å². The van der Waals surface area contributed by atoms with Crippen molar-refractivity contribution in [1.82, 2.24) is 14.8 Å². The van der Waals surface area contributed by atoms with Crippen molar-refractivity contribution in [3.05, 3.63) is 62.8 Å². The summed E-state index contributed by atoms with van der Waals surface area (Å²) in [4.78, 5) is 35.1. The zero-order valence-corrected chi connectivity index (χ0v) is 17.9. The molecule has 3 heterocycles. The van der Waals surface area contributed by atoms with Gasteiger partial charge in [0.15, 0.2) is 5.76 Å². The molecule has 2 aromatic rings. The van der Waals surface area contributed by atoms with Gasteiger partial charge in [0.25, 0.3) is 5.91 Å². The molecule has 0 radical (unpaired) electrons. The second-order valence-corrected chi connectivity index (χ2v) is 8.71. The van der Waals surface area contributed by atoms with Gasteiger partial charge >= 0.3 is 0 Å². The molecule has 8 heteroatoms. The van der Waals surface area contributed by atoms with Gasteiger partial charge in [0.1, 0.15) is 0 Å². The highest BCUT2D eigenvalue weighted by molar-refractivity contribution is 7.14. The summed E-state index contributed by atoms with van der Waals surface area (Å²) >= 11 is 1.29. The van der Waals surface area contributed by atoms with Gasteiger partial charge in [0.2, 0.25) is 5.78 Å². The van der Waals surface area contributed by atoms with Crippen molar-refractivity contribution < 1.29 is 19.4 Å². The van der Waals surface area contributed by atoms with Crippen LogP contribution in [0.1, 0.15) is 32.0 Å². The molecular formula is C22H25N3O4S. The third-order valence-electron chi connectivity index (χ3n) is 5.53. The molecule has 1 amide bonds. The summed E-state index contributed by atoms with van der Waals surface area (Å²) in [7, 11) is 0. The molecule has 1 aromatic heterocycles. The number of ether oxygens (including phenoxy) is 1. The minimum absolute atomic E-state index is 0.139. The summed E-state index contributed by atoms with van der Waals surface area (Å²) < 4.78 is 5.39. The largest absolute Gasteiger partial charge is 0.503 e. The molecule has 0 saturated carbocycles. The van der Waals surface area contributed by atoms with Crippen LogP contribution < -0.4 is 0 Å². The number of aliphatic hydroxyl groups excluding tert-OH is 1. The van der Waals surface area contributed by atoms with Crippen LogP contribution in [0.2, 0.25) is 0 Å². The first-order chi connectivity index (χ1) is 14.5.